The summed E-state index contributed by atoms with van der Waals surface area (Å²) in [6.45, 7) is 10.5. The van der Waals surface area contributed by atoms with Gasteiger partial charge in [0.25, 0.3) is 0 Å². The number of benzene rings is 2. The van der Waals surface area contributed by atoms with Crippen molar-refractivity contribution in [2.45, 2.75) is 53.2 Å². The molecule has 0 fully saturated rings. The highest BCUT2D eigenvalue weighted by molar-refractivity contribution is 6.30. The van der Waals surface area contributed by atoms with Gasteiger partial charge >= 0.3 is 12.1 Å². The molecule has 0 aliphatic rings. The molecular weight excluding hydrogens is 458 g/mol. The lowest BCUT2D eigenvalue weighted by Gasteiger charge is -2.26. The SMILES string of the molecule is CCOC(=O)c1cccc([C@@H](OCCN(C(C)=O)C(=O)OC(C)(C)C)c2cc(Cl)ccc2C)c1. The van der Waals surface area contributed by atoms with E-state index in [1.54, 1.807) is 58.0 Å². The molecule has 1 atom stereocenters. The van der Waals surface area contributed by atoms with Crippen molar-refractivity contribution in [3.8, 4) is 0 Å². The third-order valence-electron chi connectivity index (χ3n) is 4.82. The van der Waals surface area contributed by atoms with Gasteiger partial charge in [-0.25, -0.2) is 14.5 Å². The highest BCUT2D eigenvalue weighted by Gasteiger charge is 2.26. The Hall–Kier alpha value is -2.90. The number of rotatable bonds is 8. The van der Waals surface area contributed by atoms with Gasteiger partial charge in [-0.15, -0.1) is 0 Å². The van der Waals surface area contributed by atoms with Gasteiger partial charge < -0.3 is 14.2 Å². The quantitative estimate of drug-likeness (QED) is 0.441. The van der Waals surface area contributed by atoms with E-state index in [4.69, 9.17) is 25.8 Å². The average Bonchev–Trinajstić information content (AvgIpc) is 2.74. The Labute approximate surface area is 205 Å². The number of aryl methyl sites for hydroxylation is 1. The maximum atomic E-state index is 12.5. The van der Waals surface area contributed by atoms with Gasteiger partial charge in [0, 0.05) is 11.9 Å². The summed E-state index contributed by atoms with van der Waals surface area (Å²) in [6.07, 6.45) is -1.33. The molecule has 0 aromatic heterocycles. The predicted molar refractivity (Wildman–Crippen MR) is 130 cm³/mol. The lowest BCUT2D eigenvalue weighted by molar-refractivity contribution is -0.128. The Bertz CT molecular complexity index is 1030. The van der Waals surface area contributed by atoms with Crippen LogP contribution in [-0.2, 0) is 19.0 Å². The second kappa shape index (κ2) is 12.0. The highest BCUT2D eigenvalue weighted by atomic mass is 35.5. The number of carbonyl (C=O) groups excluding carboxylic acids is 3. The lowest BCUT2D eigenvalue weighted by atomic mass is 9.96. The van der Waals surface area contributed by atoms with Crippen LogP contribution in [0.5, 0.6) is 0 Å². The van der Waals surface area contributed by atoms with Crippen molar-refractivity contribution in [2.24, 2.45) is 0 Å². The normalized spacial score (nSPS) is 12.1. The molecule has 0 aliphatic carbocycles. The monoisotopic (exact) mass is 489 g/mol. The first-order chi connectivity index (χ1) is 15.9. The minimum atomic E-state index is -0.736. The molecule has 0 N–H and O–H groups in total. The van der Waals surface area contributed by atoms with Gasteiger partial charge in [0.1, 0.15) is 11.7 Å². The molecule has 0 bridgehead atoms. The molecule has 0 radical (unpaired) electrons. The molecule has 184 valence electrons. The fraction of sp³-hybridized carbons (Fsp3) is 0.423. The molecule has 0 spiro atoms. The Morgan fingerprint density at radius 2 is 1.79 bits per heavy atom. The molecule has 7 nitrogen and oxygen atoms in total. The Kier molecular flexibility index (Phi) is 9.65. The number of hydrogen-bond acceptors (Lipinski definition) is 6. The van der Waals surface area contributed by atoms with Crippen LogP contribution in [0.3, 0.4) is 0 Å². The van der Waals surface area contributed by atoms with E-state index >= 15 is 0 Å². The summed E-state index contributed by atoms with van der Waals surface area (Å²) in [6, 6.07) is 12.4. The molecule has 0 heterocycles. The topological polar surface area (TPSA) is 82.1 Å². The van der Waals surface area contributed by atoms with Gasteiger partial charge in [-0.2, -0.15) is 0 Å². The third-order valence-corrected chi connectivity index (χ3v) is 5.05. The molecule has 2 aromatic rings. The largest absolute Gasteiger partial charge is 0.462 e. The zero-order chi connectivity index (χ0) is 25.5. The minimum Gasteiger partial charge on any atom is -0.462 e. The van der Waals surface area contributed by atoms with Crippen molar-refractivity contribution < 1.29 is 28.6 Å². The van der Waals surface area contributed by atoms with Gasteiger partial charge in [-0.3, -0.25) is 4.79 Å². The Balaban J connectivity index is 2.32. The van der Waals surface area contributed by atoms with E-state index in [2.05, 4.69) is 0 Å². The summed E-state index contributed by atoms with van der Waals surface area (Å²) >= 11 is 6.26. The van der Waals surface area contributed by atoms with E-state index in [1.165, 1.54) is 6.92 Å². The number of esters is 1. The average molecular weight is 490 g/mol. The minimum absolute atomic E-state index is 0.00206. The summed E-state index contributed by atoms with van der Waals surface area (Å²) < 4.78 is 16.6. The molecule has 2 rings (SSSR count). The first-order valence-corrected chi connectivity index (χ1v) is 11.5. The zero-order valence-corrected chi connectivity index (χ0v) is 21.3. The van der Waals surface area contributed by atoms with Crippen LogP contribution in [0, 0.1) is 6.92 Å². The first-order valence-electron chi connectivity index (χ1n) is 11.1. The molecule has 0 saturated heterocycles. The fourth-order valence-electron chi connectivity index (χ4n) is 3.26. The van der Waals surface area contributed by atoms with Crippen molar-refractivity contribution in [2.75, 3.05) is 19.8 Å². The van der Waals surface area contributed by atoms with E-state index in [0.29, 0.717) is 16.1 Å². The van der Waals surface area contributed by atoms with Crippen LogP contribution in [0.2, 0.25) is 5.02 Å². The highest BCUT2D eigenvalue weighted by Crippen LogP contribution is 2.31. The molecule has 2 amide bonds. The predicted octanol–water partition coefficient (Wildman–Crippen LogP) is 5.71. The number of halogens is 1. The summed E-state index contributed by atoms with van der Waals surface area (Å²) in [4.78, 5) is 37.8. The molecular formula is C26H32ClNO6. The molecule has 0 aliphatic heterocycles. The van der Waals surface area contributed by atoms with E-state index in [1.807, 2.05) is 19.1 Å². The van der Waals surface area contributed by atoms with Crippen molar-refractivity contribution in [3.05, 3.63) is 69.7 Å². The molecule has 8 heteroatoms. The van der Waals surface area contributed by atoms with Crippen molar-refractivity contribution in [1.29, 1.82) is 0 Å². The van der Waals surface area contributed by atoms with Gasteiger partial charge in [-0.1, -0.05) is 29.8 Å². The van der Waals surface area contributed by atoms with Crippen LogP contribution in [0.1, 0.15) is 67.8 Å². The standard InChI is InChI=1S/C26H32ClNO6/c1-7-32-24(30)20-10-8-9-19(15-20)23(22-16-21(27)12-11-17(22)2)33-14-13-28(18(3)29)25(31)34-26(4,5)6/h8-12,15-16,23H,7,13-14H2,1-6H3/t23-/m1/s1. The summed E-state index contributed by atoms with van der Waals surface area (Å²) in [5.74, 6) is -0.878. The zero-order valence-electron chi connectivity index (χ0n) is 20.5. The number of amides is 2. The van der Waals surface area contributed by atoms with E-state index in [0.717, 1.165) is 16.0 Å². The number of ether oxygens (including phenoxy) is 3. The van der Waals surface area contributed by atoms with E-state index in [9.17, 15) is 14.4 Å². The fourth-order valence-corrected chi connectivity index (χ4v) is 3.44. The van der Waals surface area contributed by atoms with Crippen LogP contribution in [0.25, 0.3) is 0 Å². The van der Waals surface area contributed by atoms with E-state index in [-0.39, 0.29) is 19.8 Å². The summed E-state index contributed by atoms with van der Waals surface area (Å²) in [5, 5.41) is 0.537. The second-order valence-electron chi connectivity index (χ2n) is 8.75. The Morgan fingerprint density at radius 1 is 1.09 bits per heavy atom. The Morgan fingerprint density at radius 3 is 2.41 bits per heavy atom. The third kappa shape index (κ3) is 7.85. The maximum absolute atomic E-state index is 12.5. The first kappa shape index (κ1) is 27.3. The molecule has 0 saturated carbocycles. The van der Waals surface area contributed by atoms with Crippen molar-refractivity contribution >= 4 is 29.6 Å². The van der Waals surface area contributed by atoms with Crippen LogP contribution in [-0.4, -0.2) is 48.2 Å². The number of hydrogen-bond donors (Lipinski definition) is 0. The van der Waals surface area contributed by atoms with Crippen molar-refractivity contribution in [3.63, 3.8) is 0 Å². The smallest absolute Gasteiger partial charge is 0.417 e. The van der Waals surface area contributed by atoms with E-state index < -0.39 is 29.7 Å². The number of imide groups is 1. The van der Waals surface area contributed by atoms with Crippen LogP contribution < -0.4 is 0 Å². The van der Waals surface area contributed by atoms with Crippen LogP contribution in [0.15, 0.2) is 42.5 Å². The van der Waals surface area contributed by atoms with Gasteiger partial charge in [0.2, 0.25) is 5.91 Å². The lowest BCUT2D eigenvalue weighted by Crippen LogP contribution is -2.41. The summed E-state index contributed by atoms with van der Waals surface area (Å²) in [5.41, 5.74) is 2.11. The van der Waals surface area contributed by atoms with Gasteiger partial charge in [0.15, 0.2) is 0 Å². The van der Waals surface area contributed by atoms with Crippen molar-refractivity contribution in [1.82, 2.24) is 4.90 Å². The van der Waals surface area contributed by atoms with Crippen LogP contribution >= 0.6 is 11.6 Å². The molecule has 34 heavy (non-hydrogen) atoms. The number of nitrogens with zero attached hydrogens (tertiary/aromatic N) is 1. The maximum Gasteiger partial charge on any atom is 0.417 e. The van der Waals surface area contributed by atoms with Gasteiger partial charge in [0.05, 0.1) is 25.3 Å². The molecule has 0 unspecified atom stereocenters. The number of carbonyl (C=O) groups is 3. The van der Waals surface area contributed by atoms with Gasteiger partial charge in [-0.05, 0) is 75.6 Å². The molecule has 2 aromatic carbocycles. The summed E-state index contributed by atoms with van der Waals surface area (Å²) in [7, 11) is 0. The second-order valence-corrected chi connectivity index (χ2v) is 9.19. The van der Waals surface area contributed by atoms with Crippen LogP contribution in [0.4, 0.5) is 4.79 Å².